The molecule has 1 heterocycles. The van der Waals surface area contributed by atoms with Crippen molar-refractivity contribution in [1.29, 1.82) is 0 Å². The van der Waals surface area contributed by atoms with E-state index in [2.05, 4.69) is 9.59 Å². The molecule has 0 saturated heterocycles. The van der Waals surface area contributed by atoms with E-state index < -0.39 is 0 Å². The van der Waals surface area contributed by atoms with Crippen LogP contribution in [-0.4, -0.2) is 39.4 Å². The second kappa shape index (κ2) is 5.31. The summed E-state index contributed by atoms with van der Waals surface area (Å²) in [5.41, 5.74) is 0.576. The van der Waals surface area contributed by atoms with Crippen molar-refractivity contribution in [1.82, 2.24) is 14.5 Å². The first-order valence-corrected chi connectivity index (χ1v) is 6.67. The summed E-state index contributed by atoms with van der Waals surface area (Å²) >= 11 is 7.03. The minimum Gasteiger partial charge on any atom is -0.339 e. The molecular weight excluding hydrogens is 258 g/mol. The number of carbonyl (C=O) groups excluding carboxylic acids is 1. The van der Waals surface area contributed by atoms with Gasteiger partial charge in [0.2, 0.25) is 0 Å². The van der Waals surface area contributed by atoms with Gasteiger partial charge in [0, 0.05) is 24.4 Å². The zero-order valence-electron chi connectivity index (χ0n) is 10.8. The van der Waals surface area contributed by atoms with Gasteiger partial charge in [-0.2, -0.15) is 0 Å². The largest absolute Gasteiger partial charge is 0.339 e. The number of hydrogen-bond donors (Lipinski definition) is 0. The van der Waals surface area contributed by atoms with Gasteiger partial charge in [-0.15, -0.1) is 16.7 Å². The smallest absolute Gasteiger partial charge is 0.267 e. The molecule has 0 aliphatic carbocycles. The van der Waals surface area contributed by atoms with Crippen molar-refractivity contribution in [2.75, 3.05) is 13.6 Å². The van der Waals surface area contributed by atoms with Gasteiger partial charge in [-0.05, 0) is 18.5 Å². The van der Waals surface area contributed by atoms with Crippen LogP contribution in [0.2, 0.25) is 0 Å². The summed E-state index contributed by atoms with van der Waals surface area (Å²) in [7, 11) is 1.74. The van der Waals surface area contributed by atoms with Gasteiger partial charge in [0.1, 0.15) is 4.88 Å². The highest BCUT2D eigenvalue weighted by Crippen LogP contribution is 2.26. The van der Waals surface area contributed by atoms with Crippen molar-refractivity contribution in [3.8, 4) is 0 Å². The van der Waals surface area contributed by atoms with Crippen molar-refractivity contribution >= 4 is 29.0 Å². The summed E-state index contributed by atoms with van der Waals surface area (Å²) < 4.78 is 3.88. The molecule has 0 bridgehead atoms. The highest BCUT2D eigenvalue weighted by Gasteiger charge is 2.28. The molecule has 96 valence electrons. The zero-order valence-corrected chi connectivity index (χ0v) is 12.4. The van der Waals surface area contributed by atoms with Crippen LogP contribution in [0.1, 0.15) is 43.1 Å². The van der Waals surface area contributed by atoms with Gasteiger partial charge < -0.3 is 4.90 Å². The number of hydrogen-bond acceptors (Lipinski definition) is 4. The fourth-order valence-corrected chi connectivity index (χ4v) is 2.53. The molecular formula is C11H18ClN3OS. The fraction of sp³-hybridized carbons (Fsp3) is 0.727. The van der Waals surface area contributed by atoms with Gasteiger partial charge in [-0.3, -0.25) is 4.79 Å². The lowest BCUT2D eigenvalue weighted by molar-refractivity contribution is 0.0798. The van der Waals surface area contributed by atoms with Crippen LogP contribution in [0.15, 0.2) is 0 Å². The zero-order chi connectivity index (χ0) is 13.2. The van der Waals surface area contributed by atoms with E-state index in [9.17, 15) is 4.79 Å². The maximum atomic E-state index is 12.2. The second-order valence-electron chi connectivity index (χ2n) is 5.17. The Hall–Kier alpha value is -0.680. The van der Waals surface area contributed by atoms with Crippen LogP contribution in [-0.2, 0) is 5.41 Å². The first-order valence-electron chi connectivity index (χ1n) is 5.46. The molecule has 6 heteroatoms. The molecule has 0 radical (unpaired) electrons. The van der Waals surface area contributed by atoms with Crippen molar-refractivity contribution in [2.24, 2.45) is 0 Å². The second-order valence-corrected chi connectivity index (χ2v) is 6.67. The Morgan fingerprint density at radius 1 is 1.53 bits per heavy atom. The summed E-state index contributed by atoms with van der Waals surface area (Å²) in [5, 5.41) is 3.99. The molecule has 17 heavy (non-hydrogen) atoms. The van der Waals surface area contributed by atoms with Crippen LogP contribution in [0.4, 0.5) is 0 Å². The van der Waals surface area contributed by atoms with Crippen molar-refractivity contribution in [3.05, 3.63) is 10.6 Å². The molecule has 0 aliphatic rings. The Labute approximate surface area is 111 Å². The Balaban J connectivity index is 2.94. The monoisotopic (exact) mass is 275 g/mol. The lowest BCUT2D eigenvalue weighted by Crippen LogP contribution is -2.32. The topological polar surface area (TPSA) is 46.1 Å². The first-order chi connectivity index (χ1) is 7.73. The lowest BCUT2D eigenvalue weighted by Gasteiger charge is -2.20. The number of carbonyl (C=O) groups is 1. The van der Waals surface area contributed by atoms with Crippen LogP contribution in [0, 0.1) is 0 Å². The summed E-state index contributed by atoms with van der Waals surface area (Å²) in [4.78, 5) is 14.4. The summed E-state index contributed by atoms with van der Waals surface area (Å²) in [6.45, 7) is 8.43. The van der Waals surface area contributed by atoms with Crippen LogP contribution in [0.25, 0.3) is 0 Å². The quantitative estimate of drug-likeness (QED) is 0.797. The number of halogens is 1. The van der Waals surface area contributed by atoms with Gasteiger partial charge in [0.25, 0.3) is 5.91 Å². The highest BCUT2D eigenvalue weighted by atomic mass is 35.5. The minimum absolute atomic E-state index is 0.0579. The third-order valence-corrected chi connectivity index (χ3v) is 3.12. The molecule has 1 aromatic rings. The maximum Gasteiger partial charge on any atom is 0.267 e. The average molecular weight is 276 g/mol. The molecule has 1 unspecified atom stereocenters. The average Bonchev–Trinajstić information content (AvgIpc) is 2.62. The molecule has 1 aromatic heterocycles. The first kappa shape index (κ1) is 14.4. The van der Waals surface area contributed by atoms with Crippen LogP contribution < -0.4 is 0 Å². The van der Waals surface area contributed by atoms with E-state index in [0.717, 1.165) is 17.2 Å². The molecule has 0 fully saturated rings. The van der Waals surface area contributed by atoms with Crippen LogP contribution >= 0.6 is 23.1 Å². The van der Waals surface area contributed by atoms with E-state index in [1.165, 1.54) is 0 Å². The fourth-order valence-electron chi connectivity index (χ4n) is 1.46. The molecule has 0 N–H and O–H groups in total. The number of rotatable bonds is 3. The van der Waals surface area contributed by atoms with E-state index in [-0.39, 0.29) is 16.7 Å². The van der Waals surface area contributed by atoms with Gasteiger partial charge in [0.05, 0.1) is 5.69 Å². The molecule has 0 aromatic carbocycles. The van der Waals surface area contributed by atoms with Gasteiger partial charge in [0.15, 0.2) is 0 Å². The predicted octanol–water partition coefficient (Wildman–Crippen LogP) is 2.53. The molecule has 0 aliphatic heterocycles. The lowest BCUT2D eigenvalue weighted by atomic mass is 9.91. The maximum absolute atomic E-state index is 12.2. The molecule has 0 spiro atoms. The highest BCUT2D eigenvalue weighted by molar-refractivity contribution is 7.08. The van der Waals surface area contributed by atoms with Gasteiger partial charge in [-0.25, -0.2) is 0 Å². The molecule has 1 amide bonds. The van der Waals surface area contributed by atoms with Gasteiger partial charge >= 0.3 is 0 Å². The summed E-state index contributed by atoms with van der Waals surface area (Å²) in [6, 6.07) is 0. The third kappa shape index (κ3) is 3.64. The van der Waals surface area contributed by atoms with Crippen molar-refractivity contribution in [3.63, 3.8) is 0 Å². The Morgan fingerprint density at radius 3 is 2.59 bits per heavy atom. The molecule has 0 saturated carbocycles. The van der Waals surface area contributed by atoms with E-state index >= 15 is 0 Å². The van der Waals surface area contributed by atoms with E-state index in [4.69, 9.17) is 11.6 Å². The number of aromatic nitrogens is 2. The summed E-state index contributed by atoms with van der Waals surface area (Å²) in [5.74, 6) is -0.0579. The predicted molar refractivity (Wildman–Crippen MR) is 70.9 cm³/mol. The van der Waals surface area contributed by atoms with Crippen LogP contribution in [0.5, 0.6) is 0 Å². The number of amides is 1. The Morgan fingerprint density at radius 2 is 2.12 bits per heavy atom. The third-order valence-electron chi connectivity index (χ3n) is 2.26. The SMILES string of the molecule is CC(Cl)CN(C)C(=O)c1snnc1C(C)(C)C. The normalized spacial score (nSPS) is 13.5. The van der Waals surface area contributed by atoms with E-state index in [1.54, 1.807) is 11.9 Å². The Bertz CT molecular complexity index is 398. The Kier molecular flexibility index (Phi) is 4.49. The van der Waals surface area contributed by atoms with Crippen LogP contribution in [0.3, 0.4) is 0 Å². The number of nitrogens with zero attached hydrogens (tertiary/aromatic N) is 3. The molecule has 1 atom stereocenters. The van der Waals surface area contributed by atoms with E-state index in [1.807, 2.05) is 27.7 Å². The van der Waals surface area contributed by atoms with Crippen molar-refractivity contribution < 1.29 is 4.79 Å². The standard InChI is InChI=1S/C11H18ClN3OS/c1-7(12)6-15(5)10(16)8-9(11(2,3)4)13-14-17-8/h7H,6H2,1-5H3. The molecule has 1 rings (SSSR count). The van der Waals surface area contributed by atoms with Crippen molar-refractivity contribution in [2.45, 2.75) is 38.5 Å². The molecule has 4 nitrogen and oxygen atoms in total. The van der Waals surface area contributed by atoms with Gasteiger partial charge in [-0.1, -0.05) is 25.3 Å². The summed E-state index contributed by atoms with van der Waals surface area (Å²) in [6.07, 6.45) is 0. The number of alkyl halides is 1. The minimum atomic E-state index is -0.175. The van der Waals surface area contributed by atoms with E-state index in [0.29, 0.717) is 11.4 Å².